The summed E-state index contributed by atoms with van der Waals surface area (Å²) < 4.78 is 26.5. The molecule has 1 N–H and O–H groups in total. The number of aryl methyl sites for hydroxylation is 1. The normalized spacial score (nSPS) is 12.2. The summed E-state index contributed by atoms with van der Waals surface area (Å²) in [5, 5.41) is 5.77. The number of hydrogen-bond donors (Lipinski definition) is 1. The minimum Gasteiger partial charge on any atom is -0.356 e. The SMILES string of the molecule is Cc1nc(CCNC(=O)C[C@@H](C)c2ccc(F)cc2F)cs1. The van der Waals surface area contributed by atoms with E-state index in [4.69, 9.17) is 0 Å². The fraction of sp³-hybridized carbons (Fsp3) is 0.375. The Labute approximate surface area is 132 Å². The molecule has 1 aromatic heterocycles. The van der Waals surface area contributed by atoms with Gasteiger partial charge in [0.2, 0.25) is 5.91 Å². The Hall–Kier alpha value is -1.82. The van der Waals surface area contributed by atoms with Crippen LogP contribution in [0.5, 0.6) is 0 Å². The number of carbonyl (C=O) groups excluding carboxylic acids is 1. The van der Waals surface area contributed by atoms with Crippen LogP contribution in [0, 0.1) is 18.6 Å². The number of amides is 1. The first-order valence-electron chi connectivity index (χ1n) is 7.08. The van der Waals surface area contributed by atoms with E-state index < -0.39 is 11.6 Å². The van der Waals surface area contributed by atoms with Crippen LogP contribution in [-0.4, -0.2) is 17.4 Å². The zero-order valence-electron chi connectivity index (χ0n) is 12.5. The van der Waals surface area contributed by atoms with Gasteiger partial charge in [0, 0.05) is 30.8 Å². The third-order valence-corrected chi connectivity index (χ3v) is 4.18. The average Bonchev–Trinajstić information content (AvgIpc) is 2.84. The predicted molar refractivity (Wildman–Crippen MR) is 83.0 cm³/mol. The fourth-order valence-corrected chi connectivity index (χ4v) is 2.86. The Morgan fingerprint density at radius 1 is 1.41 bits per heavy atom. The molecule has 0 bridgehead atoms. The number of thiazole rings is 1. The number of benzene rings is 1. The molecule has 1 atom stereocenters. The number of nitrogens with one attached hydrogen (secondary N) is 1. The van der Waals surface area contributed by atoms with E-state index in [2.05, 4.69) is 10.3 Å². The van der Waals surface area contributed by atoms with Crippen molar-refractivity contribution in [3.05, 3.63) is 51.5 Å². The van der Waals surface area contributed by atoms with Gasteiger partial charge in [-0.1, -0.05) is 13.0 Å². The van der Waals surface area contributed by atoms with Gasteiger partial charge in [0.1, 0.15) is 11.6 Å². The lowest BCUT2D eigenvalue weighted by molar-refractivity contribution is -0.121. The van der Waals surface area contributed by atoms with Crippen LogP contribution < -0.4 is 5.32 Å². The van der Waals surface area contributed by atoms with Crippen molar-refractivity contribution in [1.29, 1.82) is 0 Å². The van der Waals surface area contributed by atoms with Gasteiger partial charge in [0.25, 0.3) is 0 Å². The van der Waals surface area contributed by atoms with Crippen LogP contribution in [0.2, 0.25) is 0 Å². The topological polar surface area (TPSA) is 42.0 Å². The van der Waals surface area contributed by atoms with Crippen LogP contribution in [0.15, 0.2) is 23.6 Å². The molecule has 0 radical (unpaired) electrons. The quantitative estimate of drug-likeness (QED) is 0.882. The van der Waals surface area contributed by atoms with E-state index in [1.807, 2.05) is 12.3 Å². The molecular weight excluding hydrogens is 306 g/mol. The van der Waals surface area contributed by atoms with Crippen LogP contribution in [0.25, 0.3) is 0 Å². The van der Waals surface area contributed by atoms with Crippen molar-refractivity contribution in [2.24, 2.45) is 0 Å². The molecule has 0 saturated carbocycles. The lowest BCUT2D eigenvalue weighted by Crippen LogP contribution is -2.27. The molecule has 1 heterocycles. The summed E-state index contributed by atoms with van der Waals surface area (Å²) in [5.41, 5.74) is 1.31. The van der Waals surface area contributed by atoms with Gasteiger partial charge in [0.15, 0.2) is 0 Å². The molecular formula is C16H18F2N2OS. The van der Waals surface area contributed by atoms with Crippen LogP contribution in [0.3, 0.4) is 0 Å². The Bertz CT molecular complexity index is 657. The summed E-state index contributed by atoms with van der Waals surface area (Å²) in [6.07, 6.45) is 0.841. The summed E-state index contributed by atoms with van der Waals surface area (Å²) in [4.78, 5) is 16.2. The van der Waals surface area contributed by atoms with E-state index in [9.17, 15) is 13.6 Å². The highest BCUT2D eigenvalue weighted by atomic mass is 32.1. The van der Waals surface area contributed by atoms with E-state index in [-0.39, 0.29) is 18.2 Å². The summed E-state index contributed by atoms with van der Waals surface area (Å²) in [7, 11) is 0. The Morgan fingerprint density at radius 2 is 2.18 bits per heavy atom. The predicted octanol–water partition coefficient (Wildman–Crippen LogP) is 3.58. The van der Waals surface area contributed by atoms with Gasteiger partial charge in [-0.2, -0.15) is 0 Å². The molecule has 0 saturated heterocycles. The Morgan fingerprint density at radius 3 is 2.82 bits per heavy atom. The highest BCUT2D eigenvalue weighted by Gasteiger charge is 2.15. The minimum atomic E-state index is -0.614. The second-order valence-corrected chi connectivity index (χ2v) is 6.29. The van der Waals surface area contributed by atoms with Gasteiger partial charge in [-0.3, -0.25) is 4.79 Å². The number of nitrogens with zero attached hydrogens (tertiary/aromatic N) is 1. The highest BCUT2D eigenvalue weighted by molar-refractivity contribution is 7.09. The van der Waals surface area contributed by atoms with Crippen LogP contribution >= 0.6 is 11.3 Å². The number of carbonyl (C=O) groups is 1. The molecule has 1 aromatic carbocycles. The number of halogens is 2. The van der Waals surface area contributed by atoms with Crippen molar-refractivity contribution in [2.75, 3.05) is 6.54 Å². The zero-order valence-corrected chi connectivity index (χ0v) is 13.3. The van der Waals surface area contributed by atoms with E-state index >= 15 is 0 Å². The van der Waals surface area contributed by atoms with E-state index in [1.165, 1.54) is 12.1 Å². The molecule has 2 rings (SSSR count). The molecule has 22 heavy (non-hydrogen) atoms. The molecule has 0 aliphatic heterocycles. The third-order valence-electron chi connectivity index (χ3n) is 3.35. The van der Waals surface area contributed by atoms with Crippen molar-refractivity contribution in [1.82, 2.24) is 10.3 Å². The van der Waals surface area contributed by atoms with Crippen LogP contribution in [0.1, 0.15) is 35.5 Å². The molecule has 6 heteroatoms. The summed E-state index contributed by atoms with van der Waals surface area (Å²) in [6, 6.07) is 3.44. The van der Waals surface area contributed by atoms with Crippen LogP contribution in [0.4, 0.5) is 8.78 Å². The first-order valence-corrected chi connectivity index (χ1v) is 7.96. The molecule has 3 nitrogen and oxygen atoms in total. The molecule has 1 amide bonds. The van der Waals surface area contributed by atoms with E-state index in [0.29, 0.717) is 18.5 Å². The minimum absolute atomic E-state index is 0.150. The van der Waals surface area contributed by atoms with Crippen LogP contribution in [-0.2, 0) is 11.2 Å². The molecule has 118 valence electrons. The first-order chi connectivity index (χ1) is 10.5. The smallest absolute Gasteiger partial charge is 0.220 e. The zero-order chi connectivity index (χ0) is 16.1. The maximum absolute atomic E-state index is 13.6. The van der Waals surface area contributed by atoms with Crippen molar-refractivity contribution < 1.29 is 13.6 Å². The number of rotatable bonds is 6. The third kappa shape index (κ3) is 4.59. The lowest BCUT2D eigenvalue weighted by Gasteiger charge is -2.13. The Balaban J connectivity index is 1.81. The highest BCUT2D eigenvalue weighted by Crippen LogP contribution is 2.22. The largest absolute Gasteiger partial charge is 0.356 e. The Kier molecular flexibility index (Phi) is 5.60. The average molecular weight is 324 g/mol. The molecule has 0 aliphatic rings. The monoisotopic (exact) mass is 324 g/mol. The number of aromatic nitrogens is 1. The lowest BCUT2D eigenvalue weighted by atomic mass is 9.97. The standard InChI is InChI=1S/C16H18F2N2OS/c1-10(14-4-3-12(17)8-15(14)18)7-16(21)19-6-5-13-9-22-11(2)20-13/h3-4,8-10H,5-7H2,1-2H3,(H,19,21)/t10-/m1/s1. The van der Waals surface area contributed by atoms with Crippen molar-refractivity contribution in [3.8, 4) is 0 Å². The van der Waals surface area contributed by atoms with Crippen molar-refractivity contribution >= 4 is 17.2 Å². The second kappa shape index (κ2) is 7.45. The number of hydrogen-bond acceptors (Lipinski definition) is 3. The maximum atomic E-state index is 13.6. The summed E-state index contributed by atoms with van der Waals surface area (Å²) in [5.74, 6) is -1.68. The maximum Gasteiger partial charge on any atom is 0.220 e. The van der Waals surface area contributed by atoms with Gasteiger partial charge in [0.05, 0.1) is 10.7 Å². The first kappa shape index (κ1) is 16.5. The molecule has 2 aromatic rings. The summed E-state index contributed by atoms with van der Waals surface area (Å²) >= 11 is 1.58. The second-order valence-electron chi connectivity index (χ2n) is 5.23. The fourth-order valence-electron chi connectivity index (χ4n) is 2.21. The van der Waals surface area contributed by atoms with E-state index in [0.717, 1.165) is 16.8 Å². The van der Waals surface area contributed by atoms with Crippen molar-refractivity contribution in [3.63, 3.8) is 0 Å². The van der Waals surface area contributed by atoms with Gasteiger partial charge < -0.3 is 5.32 Å². The summed E-state index contributed by atoms with van der Waals surface area (Å²) in [6.45, 7) is 4.19. The molecule has 0 aliphatic carbocycles. The van der Waals surface area contributed by atoms with Gasteiger partial charge in [-0.25, -0.2) is 13.8 Å². The van der Waals surface area contributed by atoms with E-state index in [1.54, 1.807) is 18.3 Å². The van der Waals surface area contributed by atoms with Crippen molar-refractivity contribution in [2.45, 2.75) is 32.6 Å². The molecule has 0 fully saturated rings. The van der Waals surface area contributed by atoms with Gasteiger partial charge in [-0.15, -0.1) is 11.3 Å². The molecule has 0 unspecified atom stereocenters. The van der Waals surface area contributed by atoms with Gasteiger partial charge >= 0.3 is 0 Å². The molecule has 0 spiro atoms. The van der Waals surface area contributed by atoms with Gasteiger partial charge in [-0.05, 0) is 24.5 Å².